The lowest BCUT2D eigenvalue weighted by atomic mass is 10.4. The molecule has 1 nitrogen and oxygen atoms in total. The van der Waals surface area contributed by atoms with Crippen molar-refractivity contribution in [2.75, 3.05) is 18.7 Å². The number of carbonyl (C=O) groups is 1. The summed E-state index contributed by atoms with van der Waals surface area (Å²) in [6.45, 7) is -0.941. The van der Waals surface area contributed by atoms with Crippen molar-refractivity contribution in [3.8, 4) is 0 Å². The van der Waals surface area contributed by atoms with Crippen molar-refractivity contribution in [2.45, 2.75) is 9.79 Å². The lowest BCUT2D eigenvalue weighted by molar-refractivity contribution is -0.117. The van der Waals surface area contributed by atoms with E-state index in [2.05, 4.69) is 0 Å². The van der Waals surface area contributed by atoms with E-state index < -0.39 is 22.5 Å². The second kappa shape index (κ2) is 6.82. The van der Waals surface area contributed by atoms with Crippen LogP contribution in [0.1, 0.15) is 0 Å². The highest BCUT2D eigenvalue weighted by atomic mass is 35.5. The highest BCUT2D eigenvalue weighted by Gasteiger charge is 2.26. The summed E-state index contributed by atoms with van der Waals surface area (Å²) in [5, 5.41) is 1.27. The van der Waals surface area contributed by atoms with E-state index in [1.807, 2.05) is 30.5 Å². The van der Waals surface area contributed by atoms with Crippen molar-refractivity contribution in [1.29, 1.82) is 0 Å². The van der Waals surface area contributed by atoms with Gasteiger partial charge in [0.05, 0.1) is 0 Å². The van der Waals surface area contributed by atoms with Gasteiger partial charge in [0.15, 0.2) is 5.78 Å². The Hall–Kier alpha value is -1.03. The van der Waals surface area contributed by atoms with Crippen LogP contribution in [0.5, 0.6) is 0 Å². The molecule has 2 aromatic carbocycles. The highest BCUT2D eigenvalue weighted by Crippen LogP contribution is 2.59. The van der Waals surface area contributed by atoms with E-state index in [1.165, 1.54) is 0 Å². The van der Waals surface area contributed by atoms with E-state index in [4.69, 9.17) is 23.2 Å². The van der Waals surface area contributed by atoms with Gasteiger partial charge in [0.25, 0.3) is 0 Å². The van der Waals surface area contributed by atoms with Crippen molar-refractivity contribution in [3.63, 3.8) is 0 Å². The number of rotatable bonds is 5. The maximum atomic E-state index is 12.7. The molecule has 0 N–H and O–H groups in total. The first-order valence-corrected chi connectivity index (χ1v) is 9.27. The van der Waals surface area contributed by atoms with Gasteiger partial charge < -0.3 is 0 Å². The zero-order valence-electron chi connectivity index (χ0n) is 11.5. The summed E-state index contributed by atoms with van der Waals surface area (Å²) < 4.78 is 12.7. The molecule has 0 heterocycles. The molecule has 0 aromatic heterocycles. The molecule has 0 fully saturated rings. The molecule has 0 saturated heterocycles. The van der Waals surface area contributed by atoms with Crippen LogP contribution in [0.15, 0.2) is 58.3 Å². The molecular weight excluding hydrogens is 330 g/mol. The van der Waals surface area contributed by atoms with Gasteiger partial charge in [0.1, 0.15) is 6.67 Å². The van der Waals surface area contributed by atoms with E-state index in [-0.39, 0.29) is 5.75 Å². The molecule has 2 aromatic rings. The molecule has 0 aliphatic heterocycles. The van der Waals surface area contributed by atoms with Crippen LogP contribution in [0.2, 0.25) is 10.0 Å². The Bertz CT molecular complexity index is 580. The molecule has 0 spiro atoms. The van der Waals surface area contributed by atoms with E-state index >= 15 is 0 Å². The summed E-state index contributed by atoms with van der Waals surface area (Å²) in [7, 11) is -1.65. The highest BCUT2D eigenvalue weighted by molar-refractivity contribution is 8.33. The zero-order chi connectivity index (χ0) is 15.5. The number of halogens is 3. The summed E-state index contributed by atoms with van der Waals surface area (Å²) in [5.41, 5.74) is 0. The fourth-order valence-electron chi connectivity index (χ4n) is 2.13. The number of Topliss-reactive ketones (excluding diaryl/α,β-unsaturated/α-hetero) is 1. The third-order valence-corrected chi connectivity index (χ3v) is 7.29. The first-order valence-electron chi connectivity index (χ1n) is 6.30. The quantitative estimate of drug-likeness (QED) is 0.711. The molecule has 0 saturated carbocycles. The predicted octanol–water partition coefficient (Wildman–Crippen LogP) is 5.38. The third kappa shape index (κ3) is 3.79. The normalized spacial score (nSPS) is 12.2. The fourth-order valence-corrected chi connectivity index (χ4v) is 5.19. The minimum Gasteiger partial charge on any atom is -0.296 e. The van der Waals surface area contributed by atoms with Gasteiger partial charge in [0, 0.05) is 15.8 Å². The largest absolute Gasteiger partial charge is 0.296 e. The second-order valence-corrected chi connectivity index (χ2v) is 9.09. The van der Waals surface area contributed by atoms with E-state index in [1.54, 1.807) is 24.3 Å². The molecule has 0 radical (unpaired) electrons. The maximum Gasteiger partial charge on any atom is 0.172 e. The Labute approximate surface area is 135 Å². The molecule has 0 aliphatic carbocycles. The fraction of sp³-hybridized carbons (Fsp3) is 0.188. The summed E-state index contributed by atoms with van der Waals surface area (Å²) in [6.07, 6.45) is 2.01. The zero-order valence-corrected chi connectivity index (χ0v) is 13.8. The van der Waals surface area contributed by atoms with Crippen LogP contribution in [0, 0.1) is 0 Å². The van der Waals surface area contributed by atoms with Gasteiger partial charge in [-0.05, 0) is 64.6 Å². The van der Waals surface area contributed by atoms with Gasteiger partial charge in [0.2, 0.25) is 0 Å². The first-order chi connectivity index (χ1) is 9.95. The Balaban J connectivity index is 2.50. The number of ketones is 1. The SMILES string of the molecule is CS(CC(=O)CF)(c1ccc(Cl)cc1)c1ccc(Cl)cc1. The Kier molecular flexibility index (Phi) is 5.31. The average Bonchev–Trinajstić information content (AvgIpc) is 2.48. The van der Waals surface area contributed by atoms with Crippen LogP contribution in [-0.2, 0) is 4.79 Å². The molecule has 0 amide bonds. The standard InChI is InChI=1S/C16H15Cl2FOS/c1-21(11-14(20)10-19,15-6-2-12(17)3-7-15)16-8-4-13(18)5-9-16/h2-9H,10-11H2,1H3. The van der Waals surface area contributed by atoms with Gasteiger partial charge in [-0.25, -0.2) is 4.39 Å². The lowest BCUT2D eigenvalue weighted by Crippen LogP contribution is -2.15. The minimum atomic E-state index is -1.65. The van der Waals surface area contributed by atoms with Gasteiger partial charge >= 0.3 is 0 Å². The molecule has 2 rings (SSSR count). The predicted molar refractivity (Wildman–Crippen MR) is 88.8 cm³/mol. The van der Waals surface area contributed by atoms with Gasteiger partial charge in [-0.1, -0.05) is 23.2 Å². The van der Waals surface area contributed by atoms with Crippen molar-refractivity contribution in [3.05, 3.63) is 58.6 Å². The van der Waals surface area contributed by atoms with Crippen molar-refractivity contribution >= 4 is 39.0 Å². The van der Waals surface area contributed by atoms with Gasteiger partial charge in [-0.15, -0.1) is 0 Å². The third-order valence-electron chi connectivity index (χ3n) is 3.27. The smallest absolute Gasteiger partial charge is 0.172 e. The van der Waals surface area contributed by atoms with E-state index in [0.717, 1.165) is 9.79 Å². The number of benzene rings is 2. The van der Waals surface area contributed by atoms with E-state index in [0.29, 0.717) is 10.0 Å². The minimum absolute atomic E-state index is 0.173. The molecule has 0 aliphatic rings. The van der Waals surface area contributed by atoms with Crippen LogP contribution >= 0.6 is 33.2 Å². The summed E-state index contributed by atoms with van der Waals surface area (Å²) >= 11 is 11.9. The maximum absolute atomic E-state index is 12.7. The summed E-state index contributed by atoms with van der Waals surface area (Å²) in [5.74, 6) is -0.218. The van der Waals surface area contributed by atoms with Gasteiger partial charge in [-0.2, -0.15) is 10.0 Å². The molecule has 0 unspecified atom stereocenters. The number of alkyl halides is 1. The Morgan fingerprint density at radius 2 is 1.33 bits per heavy atom. The van der Waals surface area contributed by atoms with Crippen LogP contribution < -0.4 is 0 Å². The number of hydrogen-bond donors (Lipinski definition) is 0. The second-order valence-electron chi connectivity index (χ2n) is 4.81. The topological polar surface area (TPSA) is 17.1 Å². The van der Waals surface area contributed by atoms with Crippen LogP contribution in [0.3, 0.4) is 0 Å². The van der Waals surface area contributed by atoms with Gasteiger partial charge in [-0.3, -0.25) is 4.79 Å². The van der Waals surface area contributed by atoms with Crippen LogP contribution in [0.4, 0.5) is 4.39 Å². The summed E-state index contributed by atoms with van der Waals surface area (Å²) in [6, 6.07) is 14.8. The number of carbonyl (C=O) groups excluding carboxylic acids is 1. The number of hydrogen-bond acceptors (Lipinski definition) is 1. The van der Waals surface area contributed by atoms with Crippen molar-refractivity contribution in [2.24, 2.45) is 0 Å². The summed E-state index contributed by atoms with van der Waals surface area (Å²) in [4.78, 5) is 13.7. The molecule has 0 atom stereocenters. The molecule has 21 heavy (non-hydrogen) atoms. The monoisotopic (exact) mass is 344 g/mol. The Morgan fingerprint density at radius 1 is 0.952 bits per heavy atom. The van der Waals surface area contributed by atoms with Crippen molar-refractivity contribution in [1.82, 2.24) is 0 Å². The Morgan fingerprint density at radius 3 is 1.67 bits per heavy atom. The van der Waals surface area contributed by atoms with Crippen molar-refractivity contribution < 1.29 is 9.18 Å². The molecule has 0 bridgehead atoms. The molecular formula is C16H15Cl2FOS. The molecule has 112 valence electrons. The molecule has 5 heteroatoms. The van der Waals surface area contributed by atoms with E-state index in [9.17, 15) is 9.18 Å². The van der Waals surface area contributed by atoms with Crippen LogP contribution in [0.25, 0.3) is 0 Å². The first kappa shape index (κ1) is 16.3. The lowest BCUT2D eigenvalue weighted by Gasteiger charge is -2.36. The van der Waals surface area contributed by atoms with Crippen LogP contribution in [-0.4, -0.2) is 24.5 Å². The average molecular weight is 345 g/mol.